The predicted molar refractivity (Wildman–Crippen MR) is 81.8 cm³/mol. The molecule has 1 N–H and O–H groups in total. The van der Waals surface area contributed by atoms with Crippen molar-refractivity contribution in [1.82, 2.24) is 5.32 Å². The van der Waals surface area contributed by atoms with Crippen molar-refractivity contribution >= 4 is 5.69 Å². The van der Waals surface area contributed by atoms with Gasteiger partial charge in [-0.3, -0.25) is 0 Å². The Kier molecular flexibility index (Phi) is 3.53. The van der Waals surface area contributed by atoms with E-state index in [1.165, 1.54) is 50.0 Å². The third-order valence-corrected chi connectivity index (χ3v) is 4.94. The number of para-hydroxylation sites is 1. The highest BCUT2D eigenvalue weighted by Gasteiger charge is 2.33. The Morgan fingerprint density at radius 3 is 2.95 bits per heavy atom. The normalized spacial score (nSPS) is 26.0. The lowest BCUT2D eigenvalue weighted by atomic mass is 9.77. The van der Waals surface area contributed by atoms with Crippen molar-refractivity contribution in [3.63, 3.8) is 0 Å². The molecule has 2 aliphatic heterocycles. The molecule has 1 saturated heterocycles. The average molecular weight is 258 g/mol. The zero-order chi connectivity index (χ0) is 13.3. The monoisotopic (exact) mass is 258 g/mol. The second kappa shape index (κ2) is 5.16. The third kappa shape index (κ3) is 2.64. The van der Waals surface area contributed by atoms with Gasteiger partial charge in [-0.1, -0.05) is 32.0 Å². The molecule has 2 heterocycles. The van der Waals surface area contributed by atoms with Crippen LogP contribution in [0.15, 0.2) is 24.3 Å². The van der Waals surface area contributed by atoms with E-state index in [-0.39, 0.29) is 0 Å². The number of nitrogens with one attached hydrogen (secondary N) is 1. The number of benzene rings is 1. The first kappa shape index (κ1) is 13.0. The number of fused-ring (bicyclic) bond motifs is 1. The van der Waals surface area contributed by atoms with Crippen LogP contribution in [-0.4, -0.2) is 25.7 Å². The van der Waals surface area contributed by atoms with E-state index < -0.39 is 0 Å². The molecule has 0 radical (unpaired) electrons. The fraction of sp³-hybridized carbons (Fsp3) is 0.647. The maximum Gasteiger partial charge on any atom is 0.0399 e. The maximum atomic E-state index is 3.75. The number of hydrogen-bond donors (Lipinski definition) is 1. The third-order valence-electron chi connectivity index (χ3n) is 4.94. The van der Waals surface area contributed by atoms with Gasteiger partial charge in [-0.25, -0.2) is 0 Å². The number of rotatable bonds is 2. The van der Waals surface area contributed by atoms with Gasteiger partial charge in [0.05, 0.1) is 0 Å². The van der Waals surface area contributed by atoms with Crippen molar-refractivity contribution in [3.8, 4) is 0 Å². The van der Waals surface area contributed by atoms with Gasteiger partial charge in [0.25, 0.3) is 0 Å². The lowest BCUT2D eigenvalue weighted by Crippen LogP contribution is -2.53. The largest absolute Gasteiger partial charge is 0.370 e. The van der Waals surface area contributed by atoms with Gasteiger partial charge in [0.15, 0.2) is 0 Å². The molecule has 2 nitrogen and oxygen atoms in total. The van der Waals surface area contributed by atoms with E-state index in [4.69, 9.17) is 0 Å². The van der Waals surface area contributed by atoms with Gasteiger partial charge in [0, 0.05) is 24.8 Å². The summed E-state index contributed by atoms with van der Waals surface area (Å²) in [5.74, 6) is 0. The van der Waals surface area contributed by atoms with Crippen molar-refractivity contribution < 1.29 is 0 Å². The molecule has 0 aromatic heterocycles. The van der Waals surface area contributed by atoms with Crippen LogP contribution in [-0.2, 0) is 6.42 Å². The van der Waals surface area contributed by atoms with E-state index in [9.17, 15) is 0 Å². The van der Waals surface area contributed by atoms with Crippen LogP contribution in [0.2, 0.25) is 0 Å². The summed E-state index contributed by atoms with van der Waals surface area (Å²) in [7, 11) is 0. The molecular formula is C17H26N2. The summed E-state index contributed by atoms with van der Waals surface area (Å²) in [6.45, 7) is 8.39. The molecule has 0 spiro atoms. The van der Waals surface area contributed by atoms with Crippen LogP contribution < -0.4 is 10.2 Å². The Hall–Kier alpha value is -1.02. The molecule has 0 aliphatic carbocycles. The topological polar surface area (TPSA) is 15.3 Å². The predicted octanol–water partition coefficient (Wildman–Crippen LogP) is 3.22. The lowest BCUT2D eigenvalue weighted by molar-refractivity contribution is 0.182. The van der Waals surface area contributed by atoms with E-state index in [2.05, 4.69) is 48.3 Å². The number of aryl methyl sites for hydroxylation is 1. The highest BCUT2D eigenvalue weighted by atomic mass is 15.2. The Morgan fingerprint density at radius 2 is 2.11 bits per heavy atom. The average Bonchev–Trinajstić information content (AvgIpc) is 2.41. The fourth-order valence-corrected chi connectivity index (χ4v) is 3.60. The van der Waals surface area contributed by atoms with E-state index in [1.54, 1.807) is 0 Å². The van der Waals surface area contributed by atoms with Gasteiger partial charge in [-0.2, -0.15) is 0 Å². The lowest BCUT2D eigenvalue weighted by Gasteiger charge is -2.43. The first-order valence-corrected chi connectivity index (χ1v) is 7.73. The Balaban J connectivity index is 1.77. The maximum absolute atomic E-state index is 3.75. The number of hydrogen-bond acceptors (Lipinski definition) is 2. The number of piperidine rings is 1. The standard InChI is InChI=1S/C17H26N2/c1-17(2)10-6-11-18-16(17)13-19-12-5-8-14-7-3-4-9-15(14)19/h3-4,7,9,16,18H,5-6,8,10-13H2,1-2H3. The molecule has 3 rings (SSSR count). The minimum absolute atomic E-state index is 0.421. The zero-order valence-electron chi connectivity index (χ0n) is 12.3. The minimum atomic E-state index is 0.421. The molecule has 1 unspecified atom stereocenters. The molecule has 1 fully saturated rings. The summed E-state index contributed by atoms with van der Waals surface area (Å²) in [6, 6.07) is 9.56. The quantitative estimate of drug-likeness (QED) is 0.876. The second-order valence-electron chi connectivity index (χ2n) is 6.78. The SMILES string of the molecule is CC1(C)CCCNC1CN1CCCc2ccccc21. The summed E-state index contributed by atoms with van der Waals surface area (Å²) in [5.41, 5.74) is 3.42. The van der Waals surface area contributed by atoms with Gasteiger partial charge < -0.3 is 10.2 Å². The molecule has 1 aromatic carbocycles. The second-order valence-corrected chi connectivity index (χ2v) is 6.78. The van der Waals surface area contributed by atoms with Gasteiger partial charge in [-0.15, -0.1) is 0 Å². The van der Waals surface area contributed by atoms with Crippen LogP contribution in [0, 0.1) is 5.41 Å². The van der Waals surface area contributed by atoms with Gasteiger partial charge >= 0.3 is 0 Å². The van der Waals surface area contributed by atoms with E-state index in [1.807, 2.05) is 0 Å². The van der Waals surface area contributed by atoms with Crippen LogP contribution in [0.5, 0.6) is 0 Å². The Bertz CT molecular complexity index is 439. The van der Waals surface area contributed by atoms with Crippen LogP contribution >= 0.6 is 0 Å². The Labute approximate surface area is 117 Å². The summed E-state index contributed by atoms with van der Waals surface area (Å²) < 4.78 is 0. The molecule has 0 saturated carbocycles. The molecule has 1 atom stereocenters. The number of nitrogens with zero attached hydrogens (tertiary/aromatic N) is 1. The van der Waals surface area contributed by atoms with Crippen LogP contribution in [0.3, 0.4) is 0 Å². The van der Waals surface area contributed by atoms with Gasteiger partial charge in [0.2, 0.25) is 0 Å². The molecule has 1 aromatic rings. The number of anilines is 1. The first-order chi connectivity index (χ1) is 9.17. The van der Waals surface area contributed by atoms with E-state index >= 15 is 0 Å². The van der Waals surface area contributed by atoms with Gasteiger partial charge in [0.1, 0.15) is 0 Å². The molecular weight excluding hydrogens is 232 g/mol. The van der Waals surface area contributed by atoms with Crippen molar-refractivity contribution in [3.05, 3.63) is 29.8 Å². The molecule has 2 aliphatic rings. The van der Waals surface area contributed by atoms with Gasteiger partial charge in [-0.05, 0) is 49.3 Å². The first-order valence-electron chi connectivity index (χ1n) is 7.73. The molecule has 104 valence electrons. The van der Waals surface area contributed by atoms with Crippen molar-refractivity contribution in [2.75, 3.05) is 24.5 Å². The highest BCUT2D eigenvalue weighted by Crippen LogP contribution is 2.33. The van der Waals surface area contributed by atoms with E-state index in [0.29, 0.717) is 11.5 Å². The van der Waals surface area contributed by atoms with Crippen LogP contribution in [0.1, 0.15) is 38.7 Å². The molecule has 19 heavy (non-hydrogen) atoms. The van der Waals surface area contributed by atoms with Crippen LogP contribution in [0.25, 0.3) is 0 Å². The van der Waals surface area contributed by atoms with Crippen molar-refractivity contribution in [2.24, 2.45) is 5.41 Å². The molecule has 0 bridgehead atoms. The molecule has 0 amide bonds. The fourth-order valence-electron chi connectivity index (χ4n) is 3.60. The zero-order valence-corrected chi connectivity index (χ0v) is 12.3. The highest BCUT2D eigenvalue weighted by molar-refractivity contribution is 5.55. The van der Waals surface area contributed by atoms with E-state index in [0.717, 1.165) is 6.54 Å². The summed E-state index contributed by atoms with van der Waals surface area (Å²) in [6.07, 6.45) is 5.21. The summed E-state index contributed by atoms with van der Waals surface area (Å²) >= 11 is 0. The minimum Gasteiger partial charge on any atom is -0.370 e. The van der Waals surface area contributed by atoms with Crippen LogP contribution in [0.4, 0.5) is 5.69 Å². The smallest absolute Gasteiger partial charge is 0.0399 e. The van der Waals surface area contributed by atoms with Crippen molar-refractivity contribution in [1.29, 1.82) is 0 Å². The summed E-state index contributed by atoms with van der Waals surface area (Å²) in [4.78, 5) is 2.60. The summed E-state index contributed by atoms with van der Waals surface area (Å²) in [5, 5.41) is 3.75. The van der Waals surface area contributed by atoms with Crippen molar-refractivity contribution in [2.45, 2.75) is 45.6 Å². The molecule has 2 heteroatoms. The Morgan fingerprint density at radius 1 is 1.26 bits per heavy atom.